The van der Waals surface area contributed by atoms with Crippen LogP contribution in [0.3, 0.4) is 0 Å². The Morgan fingerprint density at radius 1 is 1.16 bits per heavy atom. The molecule has 11 heteroatoms. The first-order chi connectivity index (χ1) is 18.3. The van der Waals surface area contributed by atoms with Crippen molar-refractivity contribution >= 4 is 18.0 Å². The molecule has 0 aliphatic carbocycles. The van der Waals surface area contributed by atoms with Gasteiger partial charge in [-0.3, -0.25) is 4.79 Å². The lowest BCUT2D eigenvalue weighted by Crippen LogP contribution is -2.60. The van der Waals surface area contributed by atoms with Gasteiger partial charge in [-0.05, 0) is 42.6 Å². The molecule has 0 aromatic heterocycles. The van der Waals surface area contributed by atoms with Crippen LogP contribution in [0.25, 0.3) is 0 Å². The minimum Gasteiger partial charge on any atom is -0.497 e. The van der Waals surface area contributed by atoms with Crippen molar-refractivity contribution in [3.63, 3.8) is 0 Å². The van der Waals surface area contributed by atoms with Crippen molar-refractivity contribution in [2.45, 2.75) is 44.2 Å². The molecule has 11 nitrogen and oxygen atoms in total. The van der Waals surface area contributed by atoms with Gasteiger partial charge in [-0.25, -0.2) is 9.59 Å². The van der Waals surface area contributed by atoms with Gasteiger partial charge in [0.25, 0.3) is 6.23 Å². The number of rotatable bonds is 12. The van der Waals surface area contributed by atoms with Crippen LogP contribution in [-0.4, -0.2) is 84.2 Å². The summed E-state index contributed by atoms with van der Waals surface area (Å²) in [4.78, 5) is 45.7. The number of alkyl carbamates (subject to hydrolysis) is 1. The standard InChI is InChI=1S/C27H34N4O7/c1-36-21-11-9-19(10-12-21)16-22(29-27(35)37-18-20-6-3-2-4-7-20)25(34)30-14-15-31(17-24(32)33)26(38-31)23(30)8-5-13-28/h2-4,6-7,9-12,22-23,26H,5,8,13-18,28H2,1H3,(H-,29,32,33,35)/p+1/t22?,23?,26-,31-/m0/s1. The summed E-state index contributed by atoms with van der Waals surface area (Å²) >= 11 is 0. The van der Waals surface area contributed by atoms with E-state index in [1.807, 2.05) is 42.5 Å². The van der Waals surface area contributed by atoms with Crippen LogP contribution in [0.15, 0.2) is 54.6 Å². The van der Waals surface area contributed by atoms with Crippen molar-refractivity contribution in [3.8, 4) is 5.75 Å². The first-order valence-electron chi connectivity index (χ1n) is 12.7. The number of quaternary nitrogens is 1. The molecule has 2 heterocycles. The van der Waals surface area contributed by atoms with Crippen LogP contribution in [0.1, 0.15) is 24.0 Å². The number of aliphatic carboxylic acids is 1. The summed E-state index contributed by atoms with van der Waals surface area (Å²) in [5.74, 6) is -0.545. The van der Waals surface area contributed by atoms with E-state index in [1.54, 1.807) is 24.1 Å². The molecule has 4 N–H and O–H groups in total. The number of hydrogen-bond donors (Lipinski definition) is 3. The molecule has 4 rings (SSSR count). The molecule has 2 amide bonds. The van der Waals surface area contributed by atoms with Crippen molar-refractivity contribution in [3.05, 3.63) is 65.7 Å². The van der Waals surface area contributed by atoms with Gasteiger partial charge in [0.2, 0.25) is 12.5 Å². The van der Waals surface area contributed by atoms with Gasteiger partial charge in [0.1, 0.15) is 31.0 Å². The van der Waals surface area contributed by atoms with Crippen LogP contribution in [0.5, 0.6) is 5.75 Å². The highest BCUT2D eigenvalue weighted by atomic mass is 16.9. The van der Waals surface area contributed by atoms with Crippen molar-refractivity contribution in [1.82, 2.24) is 10.2 Å². The molecule has 2 unspecified atom stereocenters. The highest BCUT2D eigenvalue weighted by Crippen LogP contribution is 2.42. The summed E-state index contributed by atoms with van der Waals surface area (Å²) in [5, 5.41) is 12.1. The van der Waals surface area contributed by atoms with Crippen LogP contribution in [0.2, 0.25) is 0 Å². The number of methoxy groups -OCH3 is 1. The van der Waals surface area contributed by atoms with Gasteiger partial charge in [0, 0.05) is 6.42 Å². The summed E-state index contributed by atoms with van der Waals surface area (Å²) < 4.78 is 10.6. The van der Waals surface area contributed by atoms with E-state index >= 15 is 0 Å². The molecule has 2 fully saturated rings. The maximum atomic E-state index is 13.9. The Kier molecular flexibility index (Phi) is 8.82. The molecule has 2 aromatic carbocycles. The lowest BCUT2D eigenvalue weighted by atomic mass is 10.0. The number of benzene rings is 2. The maximum Gasteiger partial charge on any atom is 0.408 e. The number of nitrogens with two attached hydrogens (primary N) is 1. The molecule has 0 bridgehead atoms. The average molecular weight is 528 g/mol. The zero-order valence-electron chi connectivity index (χ0n) is 21.5. The van der Waals surface area contributed by atoms with Crippen molar-refractivity contribution < 1.29 is 38.4 Å². The van der Waals surface area contributed by atoms with Crippen LogP contribution in [0.4, 0.5) is 4.79 Å². The van der Waals surface area contributed by atoms with E-state index < -0.39 is 24.3 Å². The molecule has 2 aliphatic heterocycles. The topological polar surface area (TPSA) is 144 Å². The summed E-state index contributed by atoms with van der Waals surface area (Å²) in [6.07, 6.45) is 0.332. The van der Waals surface area contributed by atoms with Gasteiger partial charge < -0.3 is 30.5 Å². The van der Waals surface area contributed by atoms with Crippen molar-refractivity contribution in [2.75, 3.05) is 33.3 Å². The number of amides is 2. The van der Waals surface area contributed by atoms with Crippen molar-refractivity contribution in [2.24, 2.45) is 5.73 Å². The first-order valence-corrected chi connectivity index (χ1v) is 12.7. The highest BCUT2D eigenvalue weighted by Gasteiger charge is 2.68. The second kappa shape index (κ2) is 12.2. The van der Waals surface area contributed by atoms with E-state index in [0.29, 0.717) is 38.2 Å². The number of carbonyl (C=O) groups is 3. The molecule has 2 saturated heterocycles. The minimum atomic E-state index is -0.954. The molecule has 204 valence electrons. The number of carbonyl (C=O) groups excluding carboxylic acids is 2. The second-order valence-corrected chi connectivity index (χ2v) is 9.56. The normalized spacial score (nSPS) is 22.6. The highest BCUT2D eigenvalue weighted by molar-refractivity contribution is 5.86. The molecule has 0 saturated carbocycles. The third-order valence-electron chi connectivity index (χ3n) is 6.98. The largest absolute Gasteiger partial charge is 0.497 e. The van der Waals surface area contributed by atoms with Crippen molar-refractivity contribution in [1.29, 1.82) is 0 Å². The lowest BCUT2D eigenvalue weighted by Gasteiger charge is -2.36. The first kappa shape index (κ1) is 27.4. The molecular weight excluding hydrogens is 492 g/mol. The van der Waals surface area contributed by atoms with Gasteiger partial charge in [-0.2, -0.15) is 0 Å². The molecule has 4 atom stereocenters. The number of ether oxygens (including phenoxy) is 2. The summed E-state index contributed by atoms with van der Waals surface area (Å²) in [6.45, 7) is 1.01. The van der Waals surface area contributed by atoms with E-state index in [-0.39, 0.29) is 36.2 Å². The van der Waals surface area contributed by atoms with E-state index in [0.717, 1.165) is 11.1 Å². The third-order valence-corrected chi connectivity index (χ3v) is 6.98. The number of fused-ring (bicyclic) bond motifs is 1. The van der Waals surface area contributed by atoms with Crippen LogP contribution in [-0.2, 0) is 32.2 Å². The predicted molar refractivity (Wildman–Crippen MR) is 137 cm³/mol. The summed E-state index contributed by atoms with van der Waals surface area (Å²) in [7, 11) is 1.58. The van der Waals surface area contributed by atoms with Gasteiger partial charge >= 0.3 is 12.1 Å². The zero-order valence-corrected chi connectivity index (χ0v) is 21.5. The smallest absolute Gasteiger partial charge is 0.408 e. The van der Waals surface area contributed by atoms with Gasteiger partial charge in [0.15, 0.2) is 0 Å². The Morgan fingerprint density at radius 3 is 2.55 bits per heavy atom. The van der Waals surface area contributed by atoms with Gasteiger partial charge in [-0.1, -0.05) is 42.5 Å². The summed E-state index contributed by atoms with van der Waals surface area (Å²) in [6, 6.07) is 15.3. The molecule has 0 radical (unpaired) electrons. The Morgan fingerprint density at radius 2 is 1.89 bits per heavy atom. The fourth-order valence-electron chi connectivity index (χ4n) is 4.99. The monoisotopic (exact) mass is 527 g/mol. The Bertz CT molecular complexity index is 1110. The fraction of sp³-hybridized carbons (Fsp3) is 0.444. The van der Waals surface area contributed by atoms with Crippen LogP contribution in [0, 0.1) is 0 Å². The number of nitrogens with one attached hydrogen (secondary N) is 1. The fourth-order valence-corrected chi connectivity index (χ4v) is 4.99. The number of piperazine rings is 1. The summed E-state index contributed by atoms with van der Waals surface area (Å²) in [5.41, 5.74) is 7.41. The Labute approximate surface area is 221 Å². The quantitative estimate of drug-likeness (QED) is 0.279. The van der Waals surface area contributed by atoms with Crippen LogP contribution < -0.4 is 15.8 Å². The molecule has 38 heavy (non-hydrogen) atoms. The maximum absolute atomic E-state index is 13.9. The number of hydrogen-bond acceptors (Lipinski definition) is 7. The van der Waals surface area contributed by atoms with Gasteiger partial charge in [0.05, 0.1) is 13.7 Å². The molecule has 2 aliphatic rings. The zero-order chi connectivity index (χ0) is 27.1. The van der Waals surface area contributed by atoms with Gasteiger partial charge in [-0.15, -0.1) is 9.48 Å². The van der Waals surface area contributed by atoms with E-state index in [4.69, 9.17) is 20.0 Å². The Balaban J connectivity index is 1.50. The predicted octanol–water partition coefficient (Wildman–Crippen LogP) is 1.66. The number of carboxylic acids is 1. The number of carboxylic acid groups (broad SMARTS) is 1. The minimum absolute atomic E-state index is 0.00401. The number of hydroxylamine groups is 3. The molecule has 2 aromatic rings. The molecular formula is C27H35N4O7+. The number of nitrogens with zero attached hydrogens (tertiary/aromatic N) is 2. The average Bonchev–Trinajstić information content (AvgIpc) is 3.64. The van der Waals surface area contributed by atoms with E-state index in [9.17, 15) is 19.5 Å². The Hall–Kier alpha value is -3.67. The molecule has 0 spiro atoms. The van der Waals surface area contributed by atoms with E-state index in [2.05, 4.69) is 5.32 Å². The lowest BCUT2D eigenvalue weighted by molar-refractivity contribution is -0.918. The van der Waals surface area contributed by atoms with Crippen LogP contribution >= 0.6 is 0 Å². The van der Waals surface area contributed by atoms with E-state index in [1.165, 1.54) is 0 Å². The SMILES string of the molecule is COc1ccc(CC(NC(=O)OCc2ccccc2)C(=O)N2CC[N@@+]3(CC(=O)O)O[C@H]3C2CCCN)cc1. The second-order valence-electron chi connectivity index (χ2n) is 9.56. The third kappa shape index (κ3) is 6.60.